The summed E-state index contributed by atoms with van der Waals surface area (Å²) in [6, 6.07) is 1.64. The molecule has 1 N–H and O–H groups in total. The van der Waals surface area contributed by atoms with Crippen LogP contribution in [0.4, 0.5) is 0 Å². The number of aromatic nitrogens is 3. The summed E-state index contributed by atoms with van der Waals surface area (Å²) in [6.45, 7) is 3.51. The molecule has 0 unspecified atom stereocenters. The van der Waals surface area contributed by atoms with Gasteiger partial charge in [0, 0.05) is 23.0 Å². The molecule has 7 nitrogen and oxygen atoms in total. The van der Waals surface area contributed by atoms with Gasteiger partial charge in [-0.05, 0) is 13.8 Å². The zero-order valence-electron chi connectivity index (χ0n) is 10.6. The van der Waals surface area contributed by atoms with Crippen molar-refractivity contribution in [1.82, 2.24) is 14.7 Å². The third-order valence-electron chi connectivity index (χ3n) is 2.91. The number of rotatable bonds is 4. The molecule has 100 valence electrons. The van der Waals surface area contributed by atoms with Crippen LogP contribution in [-0.4, -0.2) is 25.8 Å². The average molecular weight is 263 g/mol. The Morgan fingerprint density at radius 1 is 1.47 bits per heavy atom. The highest BCUT2D eigenvalue weighted by Crippen LogP contribution is 2.11. The van der Waals surface area contributed by atoms with Crippen LogP contribution in [0.15, 0.2) is 21.6 Å². The Kier molecular flexibility index (Phi) is 3.46. The van der Waals surface area contributed by atoms with E-state index in [9.17, 15) is 9.59 Å². The van der Waals surface area contributed by atoms with E-state index in [2.05, 4.69) is 10.1 Å². The van der Waals surface area contributed by atoms with Crippen molar-refractivity contribution in [3.63, 3.8) is 0 Å². The predicted molar refractivity (Wildman–Crippen MR) is 64.9 cm³/mol. The zero-order valence-corrected chi connectivity index (χ0v) is 10.6. The lowest BCUT2D eigenvalue weighted by Crippen LogP contribution is -2.28. The normalized spacial score (nSPS) is 10.6. The summed E-state index contributed by atoms with van der Waals surface area (Å²) < 4.78 is 6.33. The van der Waals surface area contributed by atoms with Crippen LogP contribution in [-0.2, 0) is 17.8 Å². The van der Waals surface area contributed by atoms with E-state index in [4.69, 9.17) is 9.63 Å². The van der Waals surface area contributed by atoms with Crippen LogP contribution >= 0.6 is 0 Å². The molecule has 2 aromatic rings. The van der Waals surface area contributed by atoms with Gasteiger partial charge in [0.15, 0.2) is 5.76 Å². The van der Waals surface area contributed by atoms with Crippen LogP contribution < -0.4 is 5.69 Å². The summed E-state index contributed by atoms with van der Waals surface area (Å²) >= 11 is 0. The fraction of sp³-hybridized carbons (Fsp3) is 0.333. The van der Waals surface area contributed by atoms with Crippen molar-refractivity contribution in [3.8, 4) is 0 Å². The van der Waals surface area contributed by atoms with Crippen LogP contribution in [0.5, 0.6) is 0 Å². The molecule has 0 aromatic carbocycles. The van der Waals surface area contributed by atoms with Crippen molar-refractivity contribution in [2.75, 3.05) is 0 Å². The first-order chi connectivity index (χ1) is 8.99. The average Bonchev–Trinajstić information content (AvgIpc) is 2.82. The van der Waals surface area contributed by atoms with Crippen LogP contribution in [0.1, 0.15) is 22.7 Å². The minimum atomic E-state index is -0.960. The van der Waals surface area contributed by atoms with Gasteiger partial charge in [-0.15, -0.1) is 0 Å². The largest absolute Gasteiger partial charge is 0.481 e. The monoisotopic (exact) mass is 263 g/mol. The Morgan fingerprint density at radius 2 is 2.21 bits per heavy atom. The maximum atomic E-state index is 11.9. The number of carboxylic acid groups (broad SMARTS) is 1. The van der Waals surface area contributed by atoms with E-state index in [0.717, 1.165) is 0 Å². The molecular formula is C12H13N3O4. The second-order valence-electron chi connectivity index (χ2n) is 4.18. The number of hydrogen-bond acceptors (Lipinski definition) is 5. The molecular weight excluding hydrogens is 250 g/mol. The van der Waals surface area contributed by atoms with Gasteiger partial charge in [0.2, 0.25) is 0 Å². The van der Waals surface area contributed by atoms with Crippen LogP contribution in [0.25, 0.3) is 0 Å². The fourth-order valence-corrected chi connectivity index (χ4v) is 1.91. The lowest BCUT2D eigenvalue weighted by atomic mass is 10.1. The van der Waals surface area contributed by atoms with E-state index < -0.39 is 11.7 Å². The van der Waals surface area contributed by atoms with Gasteiger partial charge >= 0.3 is 11.7 Å². The predicted octanol–water partition coefficient (Wildman–Crippen LogP) is 0.524. The minimum absolute atomic E-state index is 0.165. The van der Waals surface area contributed by atoms with E-state index >= 15 is 0 Å². The third kappa shape index (κ3) is 2.70. The Bertz CT molecular complexity index is 658. The Labute approximate surface area is 108 Å². The van der Waals surface area contributed by atoms with Crippen molar-refractivity contribution < 1.29 is 14.4 Å². The number of aliphatic carboxylic acids is 1. The lowest BCUT2D eigenvalue weighted by Gasteiger charge is -2.13. The first kappa shape index (κ1) is 13.0. The number of carbonyl (C=O) groups is 1. The quantitative estimate of drug-likeness (QED) is 0.863. The highest BCUT2D eigenvalue weighted by atomic mass is 16.5. The van der Waals surface area contributed by atoms with E-state index in [-0.39, 0.29) is 13.0 Å². The molecule has 0 atom stereocenters. The van der Waals surface area contributed by atoms with Crippen molar-refractivity contribution in [3.05, 3.63) is 45.5 Å². The van der Waals surface area contributed by atoms with Crippen LogP contribution in [0, 0.1) is 13.8 Å². The molecule has 19 heavy (non-hydrogen) atoms. The van der Waals surface area contributed by atoms with Gasteiger partial charge in [-0.3, -0.25) is 9.36 Å². The Balaban J connectivity index is 2.48. The van der Waals surface area contributed by atoms with E-state index in [1.807, 2.05) is 0 Å². The smallest absolute Gasteiger partial charge is 0.348 e. The number of hydrogen-bond donors (Lipinski definition) is 1. The molecule has 7 heteroatoms. The maximum absolute atomic E-state index is 11.9. The van der Waals surface area contributed by atoms with Crippen LogP contribution in [0.2, 0.25) is 0 Å². The highest BCUT2D eigenvalue weighted by Gasteiger charge is 2.15. The maximum Gasteiger partial charge on any atom is 0.348 e. The Morgan fingerprint density at radius 3 is 2.79 bits per heavy atom. The van der Waals surface area contributed by atoms with Gasteiger partial charge in [-0.25, -0.2) is 4.79 Å². The van der Waals surface area contributed by atoms with Crippen molar-refractivity contribution in [2.24, 2.45) is 0 Å². The van der Waals surface area contributed by atoms with Crippen LogP contribution in [0.3, 0.4) is 0 Å². The number of aryl methyl sites for hydroxylation is 1. The fourth-order valence-electron chi connectivity index (χ4n) is 1.91. The molecule has 0 saturated heterocycles. The van der Waals surface area contributed by atoms with Gasteiger partial charge in [0.25, 0.3) is 0 Å². The molecule has 0 fully saturated rings. The molecule has 0 aliphatic rings. The molecule has 0 amide bonds. The van der Waals surface area contributed by atoms with Gasteiger partial charge < -0.3 is 9.63 Å². The van der Waals surface area contributed by atoms with Gasteiger partial charge in [-0.2, -0.15) is 4.98 Å². The summed E-state index contributed by atoms with van der Waals surface area (Å²) in [5.74, 6) is -0.449. The lowest BCUT2D eigenvalue weighted by molar-refractivity contribution is -0.136. The summed E-state index contributed by atoms with van der Waals surface area (Å²) in [4.78, 5) is 26.6. The number of nitrogens with zero attached hydrogens (tertiary/aromatic N) is 3. The molecule has 0 radical (unpaired) electrons. The minimum Gasteiger partial charge on any atom is -0.481 e. The molecule has 2 aromatic heterocycles. The molecule has 0 aliphatic carbocycles. The van der Waals surface area contributed by atoms with Gasteiger partial charge in [0.1, 0.15) is 0 Å². The molecule has 0 aliphatic heterocycles. The number of carboxylic acids is 1. The summed E-state index contributed by atoms with van der Waals surface area (Å²) in [5, 5.41) is 12.5. The highest BCUT2D eigenvalue weighted by molar-refractivity contribution is 5.70. The standard InChI is InChI=1S/C12H13N3O4/c1-7-10(5-11(16)17)8(2)15(12(18)14-7)6-9-3-4-13-19-9/h3-4H,5-6H2,1-2H3,(H,16,17). The first-order valence-corrected chi connectivity index (χ1v) is 5.67. The third-order valence-corrected chi connectivity index (χ3v) is 2.91. The van der Waals surface area contributed by atoms with Crippen molar-refractivity contribution >= 4 is 5.97 Å². The summed E-state index contributed by atoms with van der Waals surface area (Å²) in [5.41, 5.74) is 1.14. The second-order valence-corrected chi connectivity index (χ2v) is 4.18. The molecule has 0 saturated carbocycles. The molecule has 0 bridgehead atoms. The van der Waals surface area contributed by atoms with Gasteiger partial charge in [0.05, 0.1) is 19.2 Å². The second kappa shape index (κ2) is 5.05. The van der Waals surface area contributed by atoms with E-state index in [0.29, 0.717) is 22.7 Å². The summed E-state index contributed by atoms with van der Waals surface area (Å²) in [6.07, 6.45) is 1.32. The van der Waals surface area contributed by atoms with Crippen molar-refractivity contribution in [2.45, 2.75) is 26.8 Å². The topological polar surface area (TPSA) is 98.2 Å². The van der Waals surface area contributed by atoms with E-state index in [1.165, 1.54) is 10.8 Å². The SMILES string of the molecule is Cc1nc(=O)n(Cc2ccno2)c(C)c1CC(=O)O. The molecule has 2 rings (SSSR count). The summed E-state index contributed by atoms with van der Waals surface area (Å²) in [7, 11) is 0. The van der Waals surface area contributed by atoms with E-state index in [1.54, 1.807) is 19.9 Å². The molecule has 0 spiro atoms. The van der Waals surface area contributed by atoms with Crippen molar-refractivity contribution in [1.29, 1.82) is 0 Å². The zero-order chi connectivity index (χ0) is 14.0. The Hall–Kier alpha value is -2.44. The molecule has 2 heterocycles. The first-order valence-electron chi connectivity index (χ1n) is 5.67. The van der Waals surface area contributed by atoms with Gasteiger partial charge in [-0.1, -0.05) is 5.16 Å².